The van der Waals surface area contributed by atoms with E-state index in [4.69, 9.17) is 0 Å². The van der Waals surface area contributed by atoms with Crippen LogP contribution in [0, 0.1) is 5.92 Å². The van der Waals surface area contributed by atoms with Gasteiger partial charge >= 0.3 is 0 Å². The molecule has 2 heterocycles. The van der Waals surface area contributed by atoms with Crippen molar-refractivity contribution in [3.05, 3.63) is 0 Å². The van der Waals surface area contributed by atoms with Gasteiger partial charge in [-0.3, -0.25) is 4.79 Å². The van der Waals surface area contributed by atoms with Crippen molar-refractivity contribution >= 4 is 5.91 Å². The summed E-state index contributed by atoms with van der Waals surface area (Å²) in [4.78, 5) is 14.0. The Morgan fingerprint density at radius 2 is 2.27 bits per heavy atom. The molecule has 2 rings (SSSR count). The zero-order chi connectivity index (χ0) is 10.7. The Balaban J connectivity index is 1.93. The lowest BCUT2D eigenvalue weighted by molar-refractivity contribution is -0.137. The number of rotatable bonds is 2. The molecule has 86 valence electrons. The van der Waals surface area contributed by atoms with Crippen LogP contribution in [0.2, 0.25) is 0 Å². The monoisotopic (exact) mass is 212 g/mol. The van der Waals surface area contributed by atoms with Crippen LogP contribution in [0.4, 0.5) is 0 Å². The fraction of sp³-hybridized carbons (Fsp3) is 0.909. The zero-order valence-electron chi connectivity index (χ0n) is 9.11. The topological polar surface area (TPSA) is 52.6 Å². The van der Waals surface area contributed by atoms with Crippen LogP contribution in [0.5, 0.6) is 0 Å². The van der Waals surface area contributed by atoms with Gasteiger partial charge in [0.2, 0.25) is 5.91 Å². The minimum Gasteiger partial charge on any atom is -0.394 e. The van der Waals surface area contributed by atoms with Crippen LogP contribution in [0.3, 0.4) is 0 Å². The molecule has 2 aliphatic rings. The number of hydrogen-bond donors (Lipinski definition) is 2. The molecule has 2 fully saturated rings. The van der Waals surface area contributed by atoms with Crippen molar-refractivity contribution in [1.82, 2.24) is 10.2 Å². The zero-order valence-corrected chi connectivity index (χ0v) is 9.11. The van der Waals surface area contributed by atoms with Crippen LogP contribution in [0.15, 0.2) is 0 Å². The maximum absolute atomic E-state index is 12.1. The van der Waals surface area contributed by atoms with Crippen LogP contribution >= 0.6 is 0 Å². The van der Waals surface area contributed by atoms with Gasteiger partial charge in [-0.2, -0.15) is 0 Å². The van der Waals surface area contributed by atoms with E-state index in [1.165, 1.54) is 0 Å². The molecule has 0 aromatic carbocycles. The average Bonchev–Trinajstić information content (AvgIpc) is 2.77. The van der Waals surface area contributed by atoms with Gasteiger partial charge in [0.1, 0.15) is 0 Å². The minimum atomic E-state index is 0.0828. The number of carbonyl (C=O) groups excluding carboxylic acids is 1. The Bertz CT molecular complexity index is 227. The van der Waals surface area contributed by atoms with Crippen LogP contribution in [-0.4, -0.2) is 48.2 Å². The van der Waals surface area contributed by atoms with Gasteiger partial charge in [-0.25, -0.2) is 0 Å². The summed E-state index contributed by atoms with van der Waals surface area (Å²) in [6.07, 6.45) is 4.09. The summed E-state index contributed by atoms with van der Waals surface area (Å²) in [5.74, 6) is 0.393. The van der Waals surface area contributed by atoms with Gasteiger partial charge in [-0.05, 0) is 32.2 Å². The Kier molecular flexibility index (Phi) is 3.59. The molecule has 0 aromatic heterocycles. The van der Waals surface area contributed by atoms with Gasteiger partial charge in [0, 0.05) is 13.1 Å². The summed E-state index contributed by atoms with van der Waals surface area (Å²) in [5, 5.41) is 12.4. The predicted octanol–water partition coefficient (Wildman–Crippen LogP) is -0.0307. The Labute approximate surface area is 90.6 Å². The third-order valence-electron chi connectivity index (χ3n) is 3.52. The summed E-state index contributed by atoms with van der Waals surface area (Å²) in [7, 11) is 0. The first-order chi connectivity index (χ1) is 7.33. The number of piperidine rings is 1. The second kappa shape index (κ2) is 4.94. The van der Waals surface area contributed by atoms with Crippen LogP contribution in [-0.2, 0) is 4.79 Å². The van der Waals surface area contributed by atoms with Crippen molar-refractivity contribution in [3.8, 4) is 0 Å². The highest BCUT2D eigenvalue weighted by molar-refractivity contribution is 5.79. The fourth-order valence-electron chi connectivity index (χ4n) is 2.61. The number of aliphatic hydroxyl groups excluding tert-OH is 1. The number of likely N-dealkylation sites (tertiary alicyclic amines) is 1. The second-order valence-electron chi connectivity index (χ2n) is 4.55. The summed E-state index contributed by atoms with van der Waals surface area (Å²) >= 11 is 0. The van der Waals surface area contributed by atoms with Crippen molar-refractivity contribution in [2.45, 2.75) is 31.7 Å². The quantitative estimate of drug-likeness (QED) is 0.676. The van der Waals surface area contributed by atoms with Gasteiger partial charge in [0.25, 0.3) is 0 Å². The number of hydrogen-bond acceptors (Lipinski definition) is 3. The molecule has 0 bridgehead atoms. The summed E-state index contributed by atoms with van der Waals surface area (Å²) in [5.41, 5.74) is 0. The highest BCUT2D eigenvalue weighted by Crippen LogP contribution is 2.22. The Morgan fingerprint density at radius 1 is 1.40 bits per heavy atom. The average molecular weight is 212 g/mol. The lowest BCUT2D eigenvalue weighted by Gasteiger charge is -2.30. The molecule has 2 atom stereocenters. The number of nitrogens with zero attached hydrogens (tertiary/aromatic N) is 1. The van der Waals surface area contributed by atoms with E-state index >= 15 is 0 Å². The maximum atomic E-state index is 12.1. The molecule has 0 unspecified atom stereocenters. The molecule has 4 nitrogen and oxygen atoms in total. The van der Waals surface area contributed by atoms with Crippen LogP contribution < -0.4 is 5.32 Å². The van der Waals surface area contributed by atoms with Crippen molar-refractivity contribution in [2.75, 3.05) is 26.2 Å². The first-order valence-electron chi connectivity index (χ1n) is 5.95. The maximum Gasteiger partial charge on any atom is 0.227 e. The fourth-order valence-corrected chi connectivity index (χ4v) is 2.61. The number of amides is 1. The molecule has 15 heavy (non-hydrogen) atoms. The van der Waals surface area contributed by atoms with E-state index in [9.17, 15) is 9.90 Å². The lowest BCUT2D eigenvalue weighted by atomic mass is 9.98. The molecule has 0 spiro atoms. The number of aliphatic hydroxyl groups is 1. The van der Waals surface area contributed by atoms with E-state index in [2.05, 4.69) is 5.32 Å². The molecule has 0 saturated carbocycles. The van der Waals surface area contributed by atoms with E-state index in [0.717, 1.165) is 45.3 Å². The minimum absolute atomic E-state index is 0.0828. The smallest absolute Gasteiger partial charge is 0.227 e. The van der Waals surface area contributed by atoms with Gasteiger partial charge in [-0.1, -0.05) is 0 Å². The third kappa shape index (κ3) is 2.32. The molecule has 2 aliphatic heterocycles. The number of carbonyl (C=O) groups is 1. The predicted molar refractivity (Wildman–Crippen MR) is 57.4 cm³/mol. The molecule has 0 aliphatic carbocycles. The highest BCUT2D eigenvalue weighted by atomic mass is 16.3. The molecular weight excluding hydrogens is 192 g/mol. The van der Waals surface area contributed by atoms with Crippen molar-refractivity contribution in [1.29, 1.82) is 0 Å². The normalized spacial score (nSPS) is 31.9. The van der Waals surface area contributed by atoms with E-state index in [1.807, 2.05) is 4.90 Å². The van der Waals surface area contributed by atoms with E-state index in [1.54, 1.807) is 0 Å². The van der Waals surface area contributed by atoms with Gasteiger partial charge < -0.3 is 15.3 Å². The van der Waals surface area contributed by atoms with Crippen molar-refractivity contribution in [2.24, 2.45) is 5.92 Å². The van der Waals surface area contributed by atoms with E-state index < -0.39 is 0 Å². The summed E-state index contributed by atoms with van der Waals surface area (Å²) in [6.45, 7) is 2.80. The van der Waals surface area contributed by atoms with Gasteiger partial charge in [0.05, 0.1) is 18.6 Å². The molecule has 0 radical (unpaired) electrons. The molecule has 4 heteroatoms. The molecule has 2 N–H and O–H groups in total. The third-order valence-corrected chi connectivity index (χ3v) is 3.52. The SMILES string of the molecule is O=C([C@@H]1CCCNC1)N1CCC[C@@H]1CO. The Hall–Kier alpha value is -0.610. The molecule has 1 amide bonds. The van der Waals surface area contributed by atoms with Gasteiger partial charge in [0.15, 0.2) is 0 Å². The highest BCUT2D eigenvalue weighted by Gasteiger charge is 2.32. The van der Waals surface area contributed by atoms with E-state index in [-0.39, 0.29) is 24.5 Å². The van der Waals surface area contributed by atoms with Crippen LogP contribution in [0.25, 0.3) is 0 Å². The molecule has 0 aromatic rings. The molecular formula is C11H20N2O2. The summed E-state index contributed by atoms with van der Waals surface area (Å²) in [6, 6.07) is 0.0828. The summed E-state index contributed by atoms with van der Waals surface area (Å²) < 4.78 is 0. The van der Waals surface area contributed by atoms with Crippen molar-refractivity contribution < 1.29 is 9.90 Å². The van der Waals surface area contributed by atoms with Gasteiger partial charge in [-0.15, -0.1) is 0 Å². The first kappa shape index (κ1) is 10.9. The Morgan fingerprint density at radius 3 is 2.93 bits per heavy atom. The standard InChI is InChI=1S/C11H20N2O2/c14-8-10-4-2-6-13(10)11(15)9-3-1-5-12-7-9/h9-10,12,14H,1-8H2/t9-,10-/m1/s1. The second-order valence-corrected chi connectivity index (χ2v) is 4.55. The van der Waals surface area contributed by atoms with Crippen LogP contribution in [0.1, 0.15) is 25.7 Å². The van der Waals surface area contributed by atoms with Crippen molar-refractivity contribution in [3.63, 3.8) is 0 Å². The lowest BCUT2D eigenvalue weighted by Crippen LogP contribution is -2.45. The first-order valence-corrected chi connectivity index (χ1v) is 5.95. The molecule has 2 saturated heterocycles. The largest absolute Gasteiger partial charge is 0.394 e. The number of nitrogens with one attached hydrogen (secondary N) is 1. The van der Waals surface area contributed by atoms with E-state index in [0.29, 0.717) is 0 Å².